The summed E-state index contributed by atoms with van der Waals surface area (Å²) in [6.45, 7) is 20.0. The first-order valence-corrected chi connectivity index (χ1v) is 44.4. The second-order valence-corrected chi connectivity index (χ2v) is 34.8. The second kappa shape index (κ2) is 43.8. The first-order valence-electron chi connectivity index (χ1n) is 39.0. The van der Waals surface area contributed by atoms with Crippen molar-refractivity contribution in [3.05, 3.63) is 235 Å². The van der Waals surface area contributed by atoms with Crippen LogP contribution in [-0.2, 0) is 59.6 Å². The Hall–Kier alpha value is -5.68. The van der Waals surface area contributed by atoms with Gasteiger partial charge >= 0.3 is 169 Å². The zero-order valence-electron chi connectivity index (χ0n) is 70.2. The van der Waals surface area contributed by atoms with Crippen molar-refractivity contribution in [2.75, 3.05) is 159 Å². The summed E-state index contributed by atoms with van der Waals surface area (Å²) in [4.78, 5) is 24.2. The molecule has 0 saturated carbocycles. The maximum atomic E-state index is 12.1. The van der Waals surface area contributed by atoms with Crippen LogP contribution in [0.2, 0.25) is 0 Å². The van der Waals surface area contributed by atoms with E-state index in [0.29, 0.717) is 174 Å². The number of fused-ring (bicyclic) bond motifs is 6. The van der Waals surface area contributed by atoms with E-state index in [2.05, 4.69) is 125 Å². The van der Waals surface area contributed by atoms with E-state index in [1.165, 1.54) is 36.1 Å². The van der Waals surface area contributed by atoms with Crippen molar-refractivity contribution in [2.45, 2.75) is 67.5 Å². The van der Waals surface area contributed by atoms with Crippen LogP contribution in [-0.4, -0.2) is 174 Å². The molecule has 0 atom stereocenters. The number of carbonyl (C=O) groups excluding carboxylic acids is 2. The third-order valence-electron chi connectivity index (χ3n) is 20.9. The minimum atomic E-state index is -10.7. The predicted molar refractivity (Wildman–Crippen MR) is 442 cm³/mol. The van der Waals surface area contributed by atoms with Gasteiger partial charge in [-0.1, -0.05) is 132 Å². The van der Waals surface area contributed by atoms with E-state index < -0.39 is 41.6 Å². The number of alkyl halides is 3. The topological polar surface area (TPSA) is 229 Å². The maximum Gasteiger partial charge on any atom is 1.00 e. The van der Waals surface area contributed by atoms with Gasteiger partial charge in [0.15, 0.2) is 61.9 Å². The molecule has 0 unspecified atom stereocenters. The molecule has 4 bridgehead atoms. The van der Waals surface area contributed by atoms with Gasteiger partial charge in [0.05, 0.1) is 118 Å². The Kier molecular flexibility index (Phi) is 36.7. The van der Waals surface area contributed by atoms with E-state index in [4.69, 9.17) is 121 Å². The molecule has 0 fully saturated rings. The first-order chi connectivity index (χ1) is 58.5. The number of hydrogen-bond acceptors (Lipinski definition) is 20. The summed E-state index contributed by atoms with van der Waals surface area (Å²) in [6, 6.07) is 52.1. The number of benzene rings is 8. The summed E-state index contributed by atoms with van der Waals surface area (Å²) in [6.07, 6.45) is 0. The Morgan fingerprint density at radius 2 is 0.381 bits per heavy atom. The van der Waals surface area contributed by atoms with Gasteiger partial charge in [-0.3, -0.25) is 9.59 Å². The summed E-state index contributed by atoms with van der Waals surface area (Å²) in [7, 11) is -21.3. The number of hydrogen-bond donors (Lipinski definition) is 0. The number of ether oxygens (including phenoxy) is 16. The van der Waals surface area contributed by atoms with Gasteiger partial charge < -0.3 is 75.8 Å². The molecule has 9 aliphatic rings. The maximum absolute atomic E-state index is 12.1. The van der Waals surface area contributed by atoms with E-state index >= 15 is 0 Å². The molecule has 0 aromatic heterocycles. The van der Waals surface area contributed by atoms with E-state index in [1.54, 1.807) is 60.7 Å². The van der Waals surface area contributed by atoms with Gasteiger partial charge in [0, 0.05) is 57.8 Å². The molecule has 0 saturated heterocycles. The first kappa shape index (κ1) is 106. The molecule has 8 aromatic rings. The number of nitriles is 2. The number of nitrogens with zero attached hydrogens (tertiary/aromatic N) is 2. The smallest absolute Gasteiger partial charge is 0.289 e. The van der Waals surface area contributed by atoms with E-state index in [0.717, 1.165) is 44.5 Å². The van der Waals surface area contributed by atoms with Crippen molar-refractivity contribution >= 4 is 62.0 Å². The van der Waals surface area contributed by atoms with Crippen molar-refractivity contribution in [3.63, 3.8) is 0 Å². The van der Waals surface area contributed by atoms with E-state index in [9.17, 15) is 60.0 Å². The molecular weight excluding hydrogens is 1840 g/mol. The molecular formula is C87H91Cl3F12K2N2O18P2. The molecule has 674 valence electrons. The molecule has 20 nitrogen and oxygen atoms in total. The third-order valence-corrected chi connectivity index (χ3v) is 20.9. The Morgan fingerprint density at radius 1 is 0.270 bits per heavy atom. The Balaban J connectivity index is 0.000000385. The molecule has 17 rings (SSSR count). The predicted octanol–water partition coefficient (Wildman–Crippen LogP) is 15.5. The van der Waals surface area contributed by atoms with Crippen LogP contribution in [0.5, 0.6) is 46.0 Å². The monoisotopic (exact) mass is 1920 g/mol. The zero-order chi connectivity index (χ0) is 90.1. The number of rotatable bonds is 0. The third kappa shape index (κ3) is 27.7. The van der Waals surface area contributed by atoms with Crippen molar-refractivity contribution in [1.82, 2.24) is 0 Å². The van der Waals surface area contributed by atoms with Crippen LogP contribution in [0.15, 0.2) is 146 Å². The average Bonchev–Trinajstić information content (AvgIpc) is 0.665. The summed E-state index contributed by atoms with van der Waals surface area (Å²) in [5.41, 5.74) is 13.3. The molecule has 0 radical (unpaired) electrons. The van der Waals surface area contributed by atoms with Crippen LogP contribution in [0.4, 0.5) is 50.4 Å². The fourth-order valence-corrected chi connectivity index (χ4v) is 15.9. The molecule has 0 spiro atoms. The van der Waals surface area contributed by atoms with Gasteiger partial charge in [-0.2, -0.15) is 10.5 Å². The summed E-state index contributed by atoms with van der Waals surface area (Å²) in [5, 5.41) is 14.6. The molecule has 39 heteroatoms. The molecule has 2 heterocycles. The van der Waals surface area contributed by atoms with Gasteiger partial charge in [0.25, 0.3) is 0 Å². The van der Waals surface area contributed by atoms with Gasteiger partial charge in [0.1, 0.15) is 52.9 Å². The normalized spacial score (nSPS) is 21.8. The Morgan fingerprint density at radius 3 is 0.508 bits per heavy atom. The van der Waals surface area contributed by atoms with Crippen LogP contribution in [0.1, 0.15) is 140 Å². The fraction of sp³-hybridized carbons (Fsp3) is 0.402. The van der Waals surface area contributed by atoms with Crippen LogP contribution < -0.4 is 141 Å². The minimum Gasteiger partial charge on any atom is -0.289 e. The zero-order valence-corrected chi connectivity index (χ0v) is 80.5. The van der Waals surface area contributed by atoms with Crippen LogP contribution in [0.25, 0.3) is 0 Å². The summed E-state index contributed by atoms with van der Waals surface area (Å²) in [5.74, 6) is 4.83. The quantitative estimate of drug-likeness (QED) is 0.0594. The molecule has 126 heavy (non-hydrogen) atoms. The molecule has 7 aliphatic carbocycles. The van der Waals surface area contributed by atoms with Crippen molar-refractivity contribution in [2.24, 2.45) is 0 Å². The molecule has 0 N–H and O–H groups in total. The van der Waals surface area contributed by atoms with Gasteiger partial charge in [-0.05, 0) is 143 Å². The molecule has 8 aromatic carbocycles. The number of carbonyl (C=O) groups is 2. The summed E-state index contributed by atoms with van der Waals surface area (Å²) < 4.78 is 220. The Bertz CT molecular complexity index is 4460. The van der Waals surface area contributed by atoms with Crippen molar-refractivity contribution in [1.29, 1.82) is 10.5 Å². The van der Waals surface area contributed by atoms with Crippen LogP contribution >= 0.6 is 50.4 Å². The minimum absolute atomic E-state index is 0. The van der Waals surface area contributed by atoms with Gasteiger partial charge in [-0.25, -0.2) is 0 Å². The van der Waals surface area contributed by atoms with E-state index in [1.807, 2.05) is 0 Å². The molecule has 2 aliphatic heterocycles. The number of ketones is 2. The Labute approximate surface area is 821 Å². The van der Waals surface area contributed by atoms with Crippen molar-refractivity contribution < 1.29 is 239 Å². The standard InChI is InChI=1S/C68H76O16.C14H8O2.2C2H3N.CHCl3.2F6P.2K/c1-65-45-9-5-6-10-46(45)66(2)51-39-59-57(37-49(51)65)77-29-21-69-13-15-73-25-33-81-61-41-53-55(43-63(61)83-35-27-75-19-17-71-23-31-79-59)68(4)48-12-8-7-11-47(48)67(53,3)54-42-62-64(44-56(54)68)84-36-28-76-20-18-72-24-32-80-60-40-52(66)50(65)38-58(60)78-30-22-70-14-16-74-26-34-82-62;15-13-9-5-1-2-6-10(9)14(16)12-8-4-3-7-11(12)13;2*1-2-3;2-1(3)4;2*1-7(2,3,4,5)6;;/h5-12,37-44H,13-36H2,1-4H3;1-8H;2*1H3;1H;;;;/q;;;;;2*-1;2*+1. The fourth-order valence-electron chi connectivity index (χ4n) is 15.9. The molecule has 0 amide bonds. The van der Waals surface area contributed by atoms with Crippen LogP contribution in [0, 0.1) is 22.7 Å². The second-order valence-electron chi connectivity index (χ2n) is 29.0. The van der Waals surface area contributed by atoms with Gasteiger partial charge in [-0.15, -0.1) is 0 Å². The largest absolute Gasteiger partial charge is 1.00 e. The van der Waals surface area contributed by atoms with E-state index in [-0.39, 0.29) is 167 Å². The SMILES string of the molecule is CC#N.CC#N.CC12c3ccccc3C3(C)c4cc5c(cc41)OCCOCCOCCOc1cc4c(cc1OCCOCCOCCO5)C1(C)c5ccccc5C4(C)c4cc5c(cc41)OCCOCCOCCOc1cc3c2cc1OCCOCCOCCO5.ClC(Cl)Cl.F[P-](F)(F)(F)(F)F.F[P-](F)(F)(F)(F)F.O=C1c2ccccc2C(=O)c2ccccc21.[K+].[K+]. The summed E-state index contributed by atoms with van der Waals surface area (Å²) >= 11 is 14.4. The average molecular weight is 1930 g/mol. The van der Waals surface area contributed by atoms with Crippen LogP contribution in [0.3, 0.4) is 0 Å². The van der Waals surface area contributed by atoms with Gasteiger partial charge in [0.2, 0.25) is 0 Å². The number of halogens is 15. The van der Waals surface area contributed by atoms with Crippen molar-refractivity contribution in [3.8, 4) is 58.1 Å².